The van der Waals surface area contributed by atoms with Crippen molar-refractivity contribution in [1.82, 2.24) is 15.2 Å². The lowest BCUT2D eigenvalue weighted by atomic mass is 9.99. The van der Waals surface area contributed by atoms with Crippen LogP contribution in [0.25, 0.3) is 16.3 Å². The molecular weight excluding hydrogens is 414 g/mol. The lowest BCUT2D eigenvalue weighted by molar-refractivity contribution is -0.118. The highest BCUT2D eigenvalue weighted by Gasteiger charge is 2.22. The van der Waals surface area contributed by atoms with Crippen LogP contribution in [0.15, 0.2) is 60.6 Å². The van der Waals surface area contributed by atoms with Gasteiger partial charge in [-0.25, -0.2) is 4.98 Å². The van der Waals surface area contributed by atoms with Crippen molar-refractivity contribution in [2.75, 3.05) is 32.5 Å². The summed E-state index contributed by atoms with van der Waals surface area (Å²) in [5, 5.41) is 15.5. The van der Waals surface area contributed by atoms with E-state index in [0.717, 1.165) is 53.6 Å². The van der Waals surface area contributed by atoms with Crippen LogP contribution >= 0.6 is 0 Å². The lowest BCUT2D eigenvalue weighted by Gasteiger charge is -2.30. The summed E-state index contributed by atoms with van der Waals surface area (Å²) in [5.74, 6) is 1.05. The van der Waals surface area contributed by atoms with Crippen LogP contribution in [-0.2, 0) is 9.53 Å². The molecule has 1 unspecified atom stereocenters. The van der Waals surface area contributed by atoms with Crippen molar-refractivity contribution in [2.24, 2.45) is 5.92 Å². The maximum absolute atomic E-state index is 12.8. The van der Waals surface area contributed by atoms with Crippen LogP contribution in [0, 0.1) is 11.3 Å². The van der Waals surface area contributed by atoms with Crippen molar-refractivity contribution in [3.63, 3.8) is 0 Å². The molecule has 3 N–H and O–H groups in total. The Hall–Kier alpha value is -3.45. The highest BCUT2D eigenvalue weighted by atomic mass is 16.5. The molecule has 0 spiro atoms. The van der Waals surface area contributed by atoms with E-state index in [9.17, 15) is 4.79 Å². The Morgan fingerprint density at radius 2 is 2.06 bits per heavy atom. The molecule has 1 aliphatic carbocycles. The van der Waals surface area contributed by atoms with Crippen molar-refractivity contribution in [3.05, 3.63) is 66.2 Å². The number of piperidine rings is 1. The zero-order valence-corrected chi connectivity index (χ0v) is 19.2. The molecular formula is C26H31N5O2. The highest BCUT2D eigenvalue weighted by Crippen LogP contribution is 2.25. The number of amides is 1. The van der Waals surface area contributed by atoms with Crippen LogP contribution in [0.3, 0.4) is 0 Å². The Labute approximate surface area is 194 Å². The minimum Gasteiger partial charge on any atom is -0.491 e. The number of hydrogen-bond acceptors (Lipinski definition) is 6. The number of carbonyl (C=O) groups is 1. The lowest BCUT2D eigenvalue weighted by Crippen LogP contribution is -2.34. The van der Waals surface area contributed by atoms with Crippen LogP contribution in [-0.4, -0.2) is 55.3 Å². The Morgan fingerprint density at radius 3 is 2.76 bits per heavy atom. The zero-order chi connectivity index (χ0) is 23.2. The summed E-state index contributed by atoms with van der Waals surface area (Å²) in [6.45, 7) is 2.11. The second-order valence-corrected chi connectivity index (χ2v) is 8.58. The van der Waals surface area contributed by atoms with Crippen molar-refractivity contribution in [2.45, 2.75) is 25.4 Å². The maximum atomic E-state index is 12.8. The fourth-order valence-corrected chi connectivity index (χ4v) is 4.15. The van der Waals surface area contributed by atoms with E-state index in [4.69, 9.17) is 10.1 Å². The number of nitrogens with zero attached hydrogens (tertiary/aromatic N) is 2. The van der Waals surface area contributed by atoms with Crippen molar-refractivity contribution < 1.29 is 9.53 Å². The first kappa shape index (κ1) is 22.7. The number of anilines is 1. The van der Waals surface area contributed by atoms with Gasteiger partial charge in [-0.3, -0.25) is 4.79 Å². The molecule has 7 nitrogen and oxygen atoms in total. The molecule has 1 amide bonds. The second-order valence-electron chi connectivity index (χ2n) is 8.58. The van der Waals surface area contributed by atoms with Gasteiger partial charge in [0.25, 0.3) is 0 Å². The minimum absolute atomic E-state index is 0.0842. The van der Waals surface area contributed by atoms with Gasteiger partial charge in [0.15, 0.2) is 0 Å². The van der Waals surface area contributed by atoms with Gasteiger partial charge in [0.2, 0.25) is 5.91 Å². The molecule has 4 rings (SSSR count). The molecule has 0 radical (unpaired) electrons. The predicted octanol–water partition coefficient (Wildman–Crippen LogP) is 3.95. The van der Waals surface area contributed by atoms with Gasteiger partial charge >= 0.3 is 0 Å². The molecule has 172 valence electrons. The molecule has 1 saturated heterocycles. The van der Waals surface area contributed by atoms with Gasteiger partial charge < -0.3 is 25.7 Å². The molecule has 33 heavy (non-hydrogen) atoms. The average Bonchev–Trinajstić information content (AvgIpc) is 2.84. The molecule has 1 aromatic carbocycles. The van der Waals surface area contributed by atoms with E-state index in [1.807, 2.05) is 42.5 Å². The number of fused-ring (bicyclic) bond motifs is 1. The molecule has 0 bridgehead atoms. The Morgan fingerprint density at radius 1 is 1.24 bits per heavy atom. The van der Waals surface area contributed by atoms with E-state index in [1.165, 1.54) is 6.21 Å². The largest absolute Gasteiger partial charge is 0.491 e. The van der Waals surface area contributed by atoms with Gasteiger partial charge in [-0.2, -0.15) is 0 Å². The van der Waals surface area contributed by atoms with E-state index in [-0.39, 0.29) is 17.9 Å². The van der Waals surface area contributed by atoms with Crippen LogP contribution in [0.1, 0.15) is 24.8 Å². The molecule has 2 aromatic rings. The number of likely N-dealkylation sites (tertiary alicyclic amines) is 1. The number of rotatable bonds is 7. The van der Waals surface area contributed by atoms with E-state index < -0.39 is 0 Å². The third-order valence-corrected chi connectivity index (χ3v) is 6.13. The quantitative estimate of drug-likeness (QED) is 0.562. The third-order valence-electron chi connectivity index (χ3n) is 6.13. The summed E-state index contributed by atoms with van der Waals surface area (Å²) in [7, 11) is 3.94. The van der Waals surface area contributed by atoms with Gasteiger partial charge in [0, 0.05) is 49.7 Å². The summed E-state index contributed by atoms with van der Waals surface area (Å²) in [6.07, 6.45) is 13.6. The summed E-state index contributed by atoms with van der Waals surface area (Å²) in [4.78, 5) is 19.5. The molecule has 1 atom stereocenters. The number of nitrogens with one attached hydrogen (secondary N) is 3. The summed E-state index contributed by atoms with van der Waals surface area (Å²) in [5.41, 5.74) is 1.70. The van der Waals surface area contributed by atoms with E-state index in [2.05, 4.69) is 27.6 Å². The Balaban J connectivity index is 1.38. The normalized spacial score (nSPS) is 19.8. The summed E-state index contributed by atoms with van der Waals surface area (Å²) in [6, 6.07) is 7.79. The molecule has 1 aromatic heterocycles. The fourth-order valence-electron chi connectivity index (χ4n) is 4.15. The number of ether oxygens (including phenoxy) is 1. The fraction of sp³-hybridized carbons (Fsp3) is 0.346. The highest BCUT2D eigenvalue weighted by molar-refractivity contribution is 6.09. The van der Waals surface area contributed by atoms with Crippen molar-refractivity contribution >= 4 is 34.3 Å². The number of allylic oxidation sites excluding steroid dienone is 3. The number of hydrogen-bond donors (Lipinski definition) is 3. The minimum atomic E-state index is -0.248. The number of aromatic nitrogens is 1. The number of benzene rings is 1. The van der Waals surface area contributed by atoms with Crippen LogP contribution in [0.4, 0.5) is 5.82 Å². The van der Waals surface area contributed by atoms with Gasteiger partial charge in [-0.1, -0.05) is 18.2 Å². The van der Waals surface area contributed by atoms with Crippen LogP contribution in [0.2, 0.25) is 0 Å². The molecule has 1 aliphatic heterocycles. The monoisotopic (exact) mass is 445 g/mol. The van der Waals surface area contributed by atoms with Gasteiger partial charge in [-0.15, -0.1) is 0 Å². The smallest absolute Gasteiger partial charge is 0.232 e. The molecule has 7 heteroatoms. The standard InChI is InChI=1S/C26H31N5O2/c1-28-16-22(15-27)19-3-4-20-17-29-25(14-21(20)13-19)30-26(32)18-5-7-23(8-6-18)33-24-9-11-31(2)12-10-24/h3-5,7-8,13-18,24,27-28H,6,9-12H2,1-2H3,(H,29,30,32)/b22-16+,27-15?. The third kappa shape index (κ3) is 5.68. The molecule has 0 saturated carbocycles. The first-order valence-electron chi connectivity index (χ1n) is 11.4. The predicted molar refractivity (Wildman–Crippen MR) is 133 cm³/mol. The van der Waals surface area contributed by atoms with E-state index >= 15 is 0 Å². The molecule has 1 fully saturated rings. The topological polar surface area (TPSA) is 90.3 Å². The maximum Gasteiger partial charge on any atom is 0.232 e. The number of carbonyl (C=O) groups excluding carboxylic acids is 1. The van der Waals surface area contributed by atoms with Gasteiger partial charge in [-0.05, 0) is 61.5 Å². The second kappa shape index (κ2) is 10.4. The van der Waals surface area contributed by atoms with E-state index in [1.54, 1.807) is 19.4 Å². The van der Waals surface area contributed by atoms with Gasteiger partial charge in [0.05, 0.1) is 5.92 Å². The van der Waals surface area contributed by atoms with Crippen molar-refractivity contribution in [3.8, 4) is 0 Å². The van der Waals surface area contributed by atoms with Crippen LogP contribution < -0.4 is 10.6 Å². The number of pyridine rings is 1. The first-order chi connectivity index (χ1) is 16.1. The Bertz CT molecular complexity index is 1110. The zero-order valence-electron chi connectivity index (χ0n) is 19.2. The Kier molecular flexibility index (Phi) is 7.19. The van der Waals surface area contributed by atoms with E-state index in [0.29, 0.717) is 12.2 Å². The molecule has 2 heterocycles. The molecule has 2 aliphatic rings. The summed E-state index contributed by atoms with van der Waals surface area (Å²) < 4.78 is 6.11. The first-order valence-corrected chi connectivity index (χ1v) is 11.4. The SMILES string of the molecule is CN/C=C(\C=N)c1ccc2cnc(NC(=O)C3C=CC(OC4CCN(C)CC4)=CC3)cc2c1. The van der Waals surface area contributed by atoms with Crippen LogP contribution in [0.5, 0.6) is 0 Å². The van der Waals surface area contributed by atoms with Gasteiger partial charge in [0.1, 0.15) is 17.7 Å². The summed E-state index contributed by atoms with van der Waals surface area (Å²) >= 11 is 0. The average molecular weight is 446 g/mol. The van der Waals surface area contributed by atoms with Crippen molar-refractivity contribution in [1.29, 1.82) is 5.41 Å².